The molecule has 0 saturated carbocycles. The average molecular weight is 451 g/mol. The number of para-hydroxylation sites is 1. The van der Waals surface area contributed by atoms with Gasteiger partial charge in [-0.3, -0.25) is 9.36 Å². The summed E-state index contributed by atoms with van der Waals surface area (Å²) in [5.41, 5.74) is 3.89. The summed E-state index contributed by atoms with van der Waals surface area (Å²) in [6.07, 6.45) is 0.720. The van der Waals surface area contributed by atoms with Crippen LogP contribution < -0.4 is 11.2 Å². The molecule has 0 radical (unpaired) electrons. The average Bonchev–Trinajstić information content (AvgIpc) is 2.77. The number of thioether (sulfide) groups is 1. The fraction of sp³-hybridized carbons (Fsp3) is 0.320. The van der Waals surface area contributed by atoms with Crippen molar-refractivity contribution in [1.29, 1.82) is 0 Å². The molecular weight excluding hydrogens is 424 g/mol. The summed E-state index contributed by atoms with van der Waals surface area (Å²) >= 11 is 1.46. The Kier molecular flexibility index (Phi) is 6.77. The van der Waals surface area contributed by atoms with Gasteiger partial charge in [0.15, 0.2) is 5.16 Å². The first-order valence-electron chi connectivity index (χ1n) is 10.7. The molecule has 0 N–H and O–H groups in total. The Morgan fingerprint density at radius 3 is 2.66 bits per heavy atom. The molecule has 0 fully saturated rings. The molecule has 32 heavy (non-hydrogen) atoms. The third kappa shape index (κ3) is 4.64. The second-order valence-electron chi connectivity index (χ2n) is 7.73. The lowest BCUT2D eigenvalue weighted by molar-refractivity contribution is 0.140. The molecule has 0 unspecified atom stereocenters. The van der Waals surface area contributed by atoms with Crippen LogP contribution in [-0.2, 0) is 17.0 Å². The van der Waals surface area contributed by atoms with E-state index in [9.17, 15) is 9.59 Å². The molecule has 6 nitrogen and oxygen atoms in total. The van der Waals surface area contributed by atoms with Gasteiger partial charge < -0.3 is 9.15 Å². The van der Waals surface area contributed by atoms with E-state index in [4.69, 9.17) is 14.1 Å². The Bertz CT molecular complexity index is 1390. The van der Waals surface area contributed by atoms with Crippen LogP contribution in [0.15, 0.2) is 61.6 Å². The standard InChI is InChI=1S/C25H26N2O4S/c1-4-30-11-7-10-27-24(29)19-8-5-6-9-21(19)26-25(27)32-15-18-14-23(28)31-22-13-17(3)16(2)12-20(18)22/h5-6,8-9,12-14H,4,7,10-11,15H2,1-3H3. The van der Waals surface area contributed by atoms with Crippen molar-refractivity contribution in [3.63, 3.8) is 0 Å². The van der Waals surface area contributed by atoms with Gasteiger partial charge in [-0.15, -0.1) is 0 Å². The lowest BCUT2D eigenvalue weighted by Crippen LogP contribution is -2.24. The Morgan fingerprint density at radius 1 is 1.06 bits per heavy atom. The van der Waals surface area contributed by atoms with E-state index in [0.29, 0.717) is 47.2 Å². The molecule has 0 amide bonds. The van der Waals surface area contributed by atoms with Crippen molar-refractivity contribution in [2.45, 2.75) is 44.6 Å². The molecule has 7 heteroatoms. The molecule has 2 heterocycles. The van der Waals surface area contributed by atoms with Crippen LogP contribution in [0.25, 0.3) is 21.9 Å². The van der Waals surface area contributed by atoms with Gasteiger partial charge in [-0.2, -0.15) is 0 Å². The number of hydrogen-bond donors (Lipinski definition) is 0. The summed E-state index contributed by atoms with van der Waals surface area (Å²) < 4.78 is 12.6. The summed E-state index contributed by atoms with van der Waals surface area (Å²) in [6.45, 7) is 7.75. The van der Waals surface area contributed by atoms with Crippen molar-refractivity contribution in [2.75, 3.05) is 13.2 Å². The molecule has 0 saturated heterocycles. The van der Waals surface area contributed by atoms with Gasteiger partial charge in [0.1, 0.15) is 5.58 Å². The Labute approximate surface area is 190 Å². The Hall–Kier alpha value is -2.90. The van der Waals surface area contributed by atoms with Gasteiger partial charge in [0.2, 0.25) is 0 Å². The van der Waals surface area contributed by atoms with E-state index in [1.807, 2.05) is 51.1 Å². The number of fused-ring (bicyclic) bond motifs is 2. The maximum Gasteiger partial charge on any atom is 0.336 e. The van der Waals surface area contributed by atoms with E-state index in [0.717, 1.165) is 28.5 Å². The van der Waals surface area contributed by atoms with Gasteiger partial charge in [-0.1, -0.05) is 23.9 Å². The van der Waals surface area contributed by atoms with Crippen LogP contribution in [-0.4, -0.2) is 22.8 Å². The van der Waals surface area contributed by atoms with Crippen LogP contribution in [0.1, 0.15) is 30.0 Å². The predicted molar refractivity (Wildman–Crippen MR) is 129 cm³/mol. The van der Waals surface area contributed by atoms with Crippen LogP contribution >= 0.6 is 11.8 Å². The van der Waals surface area contributed by atoms with E-state index in [1.54, 1.807) is 10.6 Å². The van der Waals surface area contributed by atoms with Gasteiger partial charge in [-0.25, -0.2) is 9.78 Å². The highest BCUT2D eigenvalue weighted by Gasteiger charge is 2.14. The maximum atomic E-state index is 13.2. The minimum Gasteiger partial charge on any atom is -0.423 e. The van der Waals surface area contributed by atoms with Gasteiger partial charge in [0.25, 0.3) is 5.56 Å². The summed E-state index contributed by atoms with van der Waals surface area (Å²) in [7, 11) is 0. The van der Waals surface area contributed by atoms with Gasteiger partial charge in [0.05, 0.1) is 10.9 Å². The van der Waals surface area contributed by atoms with Gasteiger partial charge in [0, 0.05) is 37.0 Å². The maximum absolute atomic E-state index is 13.2. The monoisotopic (exact) mass is 450 g/mol. The van der Waals surface area contributed by atoms with Crippen molar-refractivity contribution >= 4 is 33.6 Å². The molecule has 0 aliphatic carbocycles. The molecule has 0 atom stereocenters. The predicted octanol–water partition coefficient (Wildman–Crippen LogP) is 4.84. The van der Waals surface area contributed by atoms with Gasteiger partial charge in [-0.05, 0) is 68.1 Å². The Balaban J connectivity index is 1.72. The smallest absolute Gasteiger partial charge is 0.336 e. The molecule has 2 aromatic carbocycles. The summed E-state index contributed by atoms with van der Waals surface area (Å²) in [5, 5.41) is 2.15. The van der Waals surface area contributed by atoms with Crippen molar-refractivity contribution < 1.29 is 9.15 Å². The molecular formula is C25H26N2O4S. The number of rotatable bonds is 8. The largest absolute Gasteiger partial charge is 0.423 e. The molecule has 0 spiro atoms. The highest BCUT2D eigenvalue weighted by atomic mass is 32.2. The molecule has 166 valence electrons. The lowest BCUT2D eigenvalue weighted by atomic mass is 10.0. The highest BCUT2D eigenvalue weighted by Crippen LogP contribution is 2.28. The zero-order valence-corrected chi connectivity index (χ0v) is 19.3. The number of aromatic nitrogens is 2. The molecule has 0 aliphatic rings. The molecule has 0 bridgehead atoms. The van der Waals surface area contributed by atoms with E-state index in [1.165, 1.54) is 17.8 Å². The quantitative estimate of drug-likeness (QED) is 0.166. The first-order valence-corrected chi connectivity index (χ1v) is 11.7. The molecule has 4 aromatic rings. The zero-order valence-electron chi connectivity index (χ0n) is 18.5. The molecule has 0 aliphatic heterocycles. The lowest BCUT2D eigenvalue weighted by Gasteiger charge is -2.14. The number of aryl methyl sites for hydroxylation is 2. The summed E-state index contributed by atoms with van der Waals surface area (Å²) in [5.74, 6) is 0.501. The third-order valence-electron chi connectivity index (χ3n) is 5.50. The number of ether oxygens (including phenoxy) is 1. The normalized spacial score (nSPS) is 11.5. The molecule has 2 aromatic heterocycles. The van der Waals surface area contributed by atoms with E-state index < -0.39 is 0 Å². The Morgan fingerprint density at radius 2 is 1.84 bits per heavy atom. The third-order valence-corrected chi connectivity index (χ3v) is 6.53. The minimum absolute atomic E-state index is 0.0569. The van der Waals surface area contributed by atoms with E-state index in [-0.39, 0.29) is 11.2 Å². The SMILES string of the molecule is CCOCCCn1c(SCc2cc(=O)oc3cc(C)c(C)cc23)nc2ccccc2c1=O. The topological polar surface area (TPSA) is 74.3 Å². The van der Waals surface area contributed by atoms with Crippen molar-refractivity contribution in [2.24, 2.45) is 0 Å². The van der Waals surface area contributed by atoms with E-state index in [2.05, 4.69) is 0 Å². The number of benzene rings is 2. The van der Waals surface area contributed by atoms with Crippen molar-refractivity contribution in [1.82, 2.24) is 9.55 Å². The van der Waals surface area contributed by atoms with Crippen LogP contribution in [0.2, 0.25) is 0 Å². The number of nitrogens with zero attached hydrogens (tertiary/aromatic N) is 2. The summed E-state index contributed by atoms with van der Waals surface area (Å²) in [6, 6.07) is 12.9. The number of hydrogen-bond acceptors (Lipinski definition) is 6. The second kappa shape index (κ2) is 9.71. The second-order valence-corrected chi connectivity index (χ2v) is 8.67. The van der Waals surface area contributed by atoms with Crippen molar-refractivity contribution in [3.8, 4) is 0 Å². The van der Waals surface area contributed by atoms with Crippen LogP contribution in [0.4, 0.5) is 0 Å². The van der Waals surface area contributed by atoms with Crippen LogP contribution in [0.5, 0.6) is 0 Å². The first-order chi connectivity index (χ1) is 15.5. The van der Waals surface area contributed by atoms with Crippen molar-refractivity contribution in [3.05, 3.63) is 79.9 Å². The fourth-order valence-corrected chi connectivity index (χ4v) is 4.69. The summed E-state index contributed by atoms with van der Waals surface area (Å²) in [4.78, 5) is 30.1. The van der Waals surface area contributed by atoms with E-state index >= 15 is 0 Å². The van der Waals surface area contributed by atoms with Crippen LogP contribution in [0, 0.1) is 13.8 Å². The van der Waals surface area contributed by atoms with Gasteiger partial charge >= 0.3 is 5.63 Å². The molecule has 4 rings (SSSR count). The minimum atomic E-state index is -0.378. The first kappa shape index (κ1) is 22.3. The fourth-order valence-electron chi connectivity index (χ4n) is 3.67. The van der Waals surface area contributed by atoms with Crippen LogP contribution in [0.3, 0.4) is 0 Å². The zero-order chi connectivity index (χ0) is 22.7. The highest BCUT2D eigenvalue weighted by molar-refractivity contribution is 7.98.